The summed E-state index contributed by atoms with van der Waals surface area (Å²) in [7, 11) is -3.64. The summed E-state index contributed by atoms with van der Waals surface area (Å²) in [5.74, 6) is -5.07. The summed E-state index contributed by atoms with van der Waals surface area (Å²) in [5, 5.41) is 2.21. The zero-order chi connectivity index (χ0) is 22.1. The number of nitrogens with zero attached hydrogens (tertiary/aromatic N) is 2. The van der Waals surface area contributed by atoms with E-state index in [2.05, 4.69) is 5.32 Å². The predicted molar refractivity (Wildman–Crippen MR) is 106 cm³/mol. The third kappa shape index (κ3) is 4.66. The number of anilines is 1. The minimum Gasteiger partial charge on any atom is -0.322 e. The number of carbonyl (C=O) groups is 1. The van der Waals surface area contributed by atoms with Gasteiger partial charge in [0.1, 0.15) is 0 Å². The fourth-order valence-electron chi connectivity index (χ4n) is 3.17. The van der Waals surface area contributed by atoms with Crippen LogP contribution in [0.1, 0.15) is 11.1 Å². The molecule has 0 unspecified atom stereocenters. The number of hydrogen-bond acceptors (Lipinski definition) is 4. The highest BCUT2D eigenvalue weighted by Crippen LogP contribution is 2.21. The van der Waals surface area contributed by atoms with E-state index in [9.17, 15) is 26.4 Å². The van der Waals surface area contributed by atoms with Crippen molar-refractivity contribution in [1.82, 2.24) is 9.21 Å². The quantitative estimate of drug-likeness (QED) is 0.725. The number of aryl methyl sites for hydroxylation is 2. The lowest BCUT2D eigenvalue weighted by molar-refractivity contribution is -0.117. The van der Waals surface area contributed by atoms with Crippen LogP contribution in [0.15, 0.2) is 35.2 Å². The van der Waals surface area contributed by atoms with E-state index in [4.69, 9.17) is 0 Å². The molecule has 1 N–H and O–H groups in total. The molecule has 3 rings (SSSR count). The summed E-state index contributed by atoms with van der Waals surface area (Å²) in [6.07, 6.45) is 0. The van der Waals surface area contributed by atoms with Crippen LogP contribution in [0, 0.1) is 31.3 Å². The Morgan fingerprint density at radius 3 is 2.27 bits per heavy atom. The zero-order valence-corrected chi connectivity index (χ0v) is 17.4. The van der Waals surface area contributed by atoms with Crippen LogP contribution in [0.3, 0.4) is 0 Å². The molecule has 2 aromatic rings. The summed E-state index contributed by atoms with van der Waals surface area (Å²) in [6, 6.07) is 6.65. The molecule has 162 valence electrons. The van der Waals surface area contributed by atoms with Crippen molar-refractivity contribution in [2.24, 2.45) is 0 Å². The molecule has 1 amide bonds. The van der Waals surface area contributed by atoms with Gasteiger partial charge in [0.2, 0.25) is 15.9 Å². The molecule has 1 aliphatic rings. The number of piperazine rings is 1. The number of carbonyl (C=O) groups excluding carboxylic acids is 1. The van der Waals surface area contributed by atoms with Gasteiger partial charge in [-0.1, -0.05) is 6.07 Å². The van der Waals surface area contributed by atoms with Gasteiger partial charge in [-0.2, -0.15) is 4.31 Å². The number of halogens is 3. The van der Waals surface area contributed by atoms with E-state index in [1.165, 1.54) is 4.31 Å². The lowest BCUT2D eigenvalue weighted by Crippen LogP contribution is -2.50. The smallest absolute Gasteiger partial charge is 0.243 e. The van der Waals surface area contributed by atoms with E-state index in [1.54, 1.807) is 23.1 Å². The number of benzene rings is 2. The minimum atomic E-state index is -3.64. The molecule has 0 atom stereocenters. The molecular weight excluding hydrogens is 419 g/mol. The average Bonchev–Trinajstić information content (AvgIpc) is 2.71. The molecule has 1 fully saturated rings. The highest BCUT2D eigenvalue weighted by atomic mass is 32.2. The van der Waals surface area contributed by atoms with Gasteiger partial charge in [0.25, 0.3) is 0 Å². The molecule has 10 heteroatoms. The Morgan fingerprint density at radius 2 is 1.63 bits per heavy atom. The Bertz CT molecular complexity index is 1070. The first kappa shape index (κ1) is 22.3. The summed E-state index contributed by atoms with van der Waals surface area (Å²) in [5.41, 5.74) is 1.44. The lowest BCUT2D eigenvalue weighted by atomic mass is 10.1. The van der Waals surface area contributed by atoms with Crippen LogP contribution < -0.4 is 5.32 Å². The second-order valence-electron chi connectivity index (χ2n) is 7.20. The van der Waals surface area contributed by atoms with Crippen molar-refractivity contribution >= 4 is 21.6 Å². The van der Waals surface area contributed by atoms with Crippen molar-refractivity contribution in [3.8, 4) is 0 Å². The number of amides is 1. The second-order valence-corrected chi connectivity index (χ2v) is 9.14. The molecule has 1 aliphatic heterocycles. The molecule has 0 bridgehead atoms. The minimum absolute atomic E-state index is 0.129. The first-order chi connectivity index (χ1) is 14.1. The Labute approximate surface area is 173 Å². The van der Waals surface area contributed by atoms with Gasteiger partial charge in [0.15, 0.2) is 17.5 Å². The lowest BCUT2D eigenvalue weighted by Gasteiger charge is -2.33. The van der Waals surface area contributed by atoms with Crippen LogP contribution in [-0.2, 0) is 14.8 Å². The maximum absolute atomic E-state index is 13.7. The Morgan fingerprint density at radius 1 is 0.967 bits per heavy atom. The van der Waals surface area contributed by atoms with Gasteiger partial charge in [0.05, 0.1) is 17.1 Å². The summed E-state index contributed by atoms with van der Waals surface area (Å²) in [4.78, 5) is 14.1. The monoisotopic (exact) mass is 441 g/mol. The van der Waals surface area contributed by atoms with Gasteiger partial charge < -0.3 is 5.32 Å². The number of sulfonamides is 1. The third-order valence-corrected chi connectivity index (χ3v) is 7.02. The van der Waals surface area contributed by atoms with E-state index in [0.29, 0.717) is 13.1 Å². The molecule has 0 aromatic heterocycles. The van der Waals surface area contributed by atoms with E-state index < -0.39 is 39.1 Å². The molecule has 0 aliphatic carbocycles. The SMILES string of the molecule is Cc1ccc(S(=O)(=O)N2CCN(CC(=O)Nc3ccc(F)c(F)c3F)CC2)cc1C. The molecule has 0 spiro atoms. The van der Waals surface area contributed by atoms with Crippen LogP contribution >= 0.6 is 0 Å². The van der Waals surface area contributed by atoms with Gasteiger partial charge in [-0.3, -0.25) is 9.69 Å². The van der Waals surface area contributed by atoms with Gasteiger partial charge in [-0.25, -0.2) is 21.6 Å². The van der Waals surface area contributed by atoms with Crippen molar-refractivity contribution < 1.29 is 26.4 Å². The Kier molecular flexibility index (Phi) is 6.49. The molecule has 0 radical (unpaired) electrons. The van der Waals surface area contributed by atoms with Crippen LogP contribution in [0.2, 0.25) is 0 Å². The van der Waals surface area contributed by atoms with Crippen molar-refractivity contribution in [3.63, 3.8) is 0 Å². The molecule has 0 saturated carbocycles. The number of rotatable bonds is 5. The van der Waals surface area contributed by atoms with E-state index >= 15 is 0 Å². The first-order valence-corrected chi connectivity index (χ1v) is 10.8. The normalized spacial score (nSPS) is 15.9. The van der Waals surface area contributed by atoms with Crippen LogP contribution in [0.5, 0.6) is 0 Å². The largest absolute Gasteiger partial charge is 0.322 e. The fraction of sp³-hybridized carbons (Fsp3) is 0.350. The third-order valence-electron chi connectivity index (χ3n) is 5.12. The summed E-state index contributed by atoms with van der Waals surface area (Å²) < 4.78 is 67.0. The molecule has 6 nitrogen and oxygen atoms in total. The number of nitrogens with one attached hydrogen (secondary N) is 1. The van der Waals surface area contributed by atoms with Gasteiger partial charge in [-0.15, -0.1) is 0 Å². The molecule has 2 aromatic carbocycles. The van der Waals surface area contributed by atoms with E-state index in [1.807, 2.05) is 13.8 Å². The maximum Gasteiger partial charge on any atom is 0.243 e. The molecule has 1 saturated heterocycles. The standard InChI is InChI=1S/C20H22F3N3O3S/c1-13-3-4-15(11-14(13)2)30(28,29)26-9-7-25(8-10-26)12-18(27)24-17-6-5-16(21)19(22)20(17)23/h3-6,11H,7-10,12H2,1-2H3,(H,24,27). The topological polar surface area (TPSA) is 69.7 Å². The fourth-order valence-corrected chi connectivity index (χ4v) is 4.67. The molecule has 1 heterocycles. The summed E-state index contributed by atoms with van der Waals surface area (Å²) in [6.45, 7) is 4.62. The zero-order valence-electron chi connectivity index (χ0n) is 16.6. The predicted octanol–water partition coefficient (Wildman–Crippen LogP) is 2.67. The van der Waals surface area contributed by atoms with Crippen LogP contribution in [0.25, 0.3) is 0 Å². The summed E-state index contributed by atoms with van der Waals surface area (Å²) >= 11 is 0. The van der Waals surface area contributed by atoms with E-state index in [0.717, 1.165) is 23.3 Å². The number of hydrogen-bond donors (Lipinski definition) is 1. The van der Waals surface area contributed by atoms with Gasteiger partial charge in [0, 0.05) is 26.2 Å². The van der Waals surface area contributed by atoms with Gasteiger partial charge in [-0.05, 0) is 49.2 Å². The average molecular weight is 441 g/mol. The van der Waals surface area contributed by atoms with Crippen LogP contribution in [0.4, 0.5) is 18.9 Å². The van der Waals surface area contributed by atoms with Gasteiger partial charge >= 0.3 is 0 Å². The molecule has 30 heavy (non-hydrogen) atoms. The Hall–Kier alpha value is -2.43. The van der Waals surface area contributed by atoms with Crippen molar-refractivity contribution in [3.05, 3.63) is 58.9 Å². The second kappa shape index (κ2) is 8.75. The molecular formula is C20H22F3N3O3S. The van der Waals surface area contributed by atoms with Crippen molar-refractivity contribution in [2.45, 2.75) is 18.7 Å². The highest BCUT2D eigenvalue weighted by molar-refractivity contribution is 7.89. The highest BCUT2D eigenvalue weighted by Gasteiger charge is 2.29. The maximum atomic E-state index is 13.7. The van der Waals surface area contributed by atoms with Crippen LogP contribution in [-0.4, -0.2) is 56.3 Å². The van der Waals surface area contributed by atoms with Crippen molar-refractivity contribution in [1.29, 1.82) is 0 Å². The van der Waals surface area contributed by atoms with Crippen molar-refractivity contribution in [2.75, 3.05) is 38.0 Å². The van der Waals surface area contributed by atoms with E-state index in [-0.39, 0.29) is 24.5 Å². The Balaban J connectivity index is 1.58. The first-order valence-electron chi connectivity index (χ1n) is 9.32.